The van der Waals surface area contributed by atoms with E-state index in [4.69, 9.17) is 5.73 Å². The molecule has 4 N–H and O–H groups in total. The lowest BCUT2D eigenvalue weighted by atomic mass is 10.0. The van der Waals surface area contributed by atoms with Gasteiger partial charge in [-0.2, -0.15) is 0 Å². The first-order chi connectivity index (χ1) is 8.34. The Morgan fingerprint density at radius 1 is 1.50 bits per heavy atom. The van der Waals surface area contributed by atoms with Crippen molar-refractivity contribution in [3.8, 4) is 5.75 Å². The summed E-state index contributed by atoms with van der Waals surface area (Å²) in [5.74, 6) is -1.06. The molecule has 0 fully saturated rings. The summed E-state index contributed by atoms with van der Waals surface area (Å²) in [5.41, 5.74) is 5.01. The predicted molar refractivity (Wildman–Crippen MR) is 66.2 cm³/mol. The number of phenols is 1. The molecular formula is C11H15N3O4. The molecule has 1 aromatic rings. The number of nitrogens with one attached hydrogen (secondary N) is 1. The number of nitrogens with zero attached hydrogens (tertiary/aromatic N) is 1. The van der Waals surface area contributed by atoms with E-state index < -0.39 is 16.9 Å². The van der Waals surface area contributed by atoms with Crippen LogP contribution in [0.2, 0.25) is 0 Å². The van der Waals surface area contributed by atoms with Crippen molar-refractivity contribution >= 4 is 17.3 Å². The molecule has 1 amide bonds. The van der Waals surface area contributed by atoms with E-state index in [1.807, 2.05) is 0 Å². The second kappa shape index (κ2) is 5.46. The summed E-state index contributed by atoms with van der Waals surface area (Å²) in [6, 6.07) is 2.97. The molecule has 0 aliphatic heterocycles. The number of nitro groups is 1. The number of carbonyl (C=O) groups excluding carboxylic acids is 1. The van der Waals surface area contributed by atoms with E-state index >= 15 is 0 Å². The lowest BCUT2D eigenvalue weighted by molar-refractivity contribution is -0.384. The number of rotatable bonds is 4. The number of hydrogen-bond acceptors (Lipinski definition) is 5. The Balaban J connectivity index is 3.04. The Morgan fingerprint density at radius 3 is 2.61 bits per heavy atom. The van der Waals surface area contributed by atoms with Gasteiger partial charge < -0.3 is 16.2 Å². The summed E-state index contributed by atoms with van der Waals surface area (Å²) < 4.78 is 0. The normalized spacial score (nSPS) is 12.2. The Kier molecular flexibility index (Phi) is 4.22. The zero-order valence-electron chi connectivity index (χ0n) is 10.1. The SMILES string of the molecule is CC(C)[C@H](N)C(=O)Nc1c(O)cccc1[N+](=O)[O-]. The molecule has 1 rings (SSSR count). The van der Waals surface area contributed by atoms with Crippen LogP contribution in [-0.2, 0) is 4.79 Å². The minimum Gasteiger partial charge on any atom is -0.505 e. The topological polar surface area (TPSA) is 118 Å². The quantitative estimate of drug-likeness (QED) is 0.423. The highest BCUT2D eigenvalue weighted by atomic mass is 16.6. The fraction of sp³-hybridized carbons (Fsp3) is 0.364. The number of phenolic OH excluding ortho intramolecular Hbond substituents is 1. The number of amides is 1. The molecule has 0 unspecified atom stereocenters. The first-order valence-electron chi connectivity index (χ1n) is 5.37. The Morgan fingerprint density at radius 2 is 2.11 bits per heavy atom. The van der Waals surface area contributed by atoms with E-state index in [1.165, 1.54) is 18.2 Å². The molecule has 7 heteroatoms. The molecule has 0 bridgehead atoms. The summed E-state index contributed by atoms with van der Waals surface area (Å²) in [5, 5.41) is 22.6. The van der Waals surface area contributed by atoms with E-state index in [0.717, 1.165) is 0 Å². The first kappa shape index (κ1) is 13.9. The zero-order valence-corrected chi connectivity index (χ0v) is 10.1. The van der Waals surface area contributed by atoms with E-state index in [1.54, 1.807) is 13.8 Å². The van der Waals surface area contributed by atoms with Crippen LogP contribution in [0.3, 0.4) is 0 Å². The van der Waals surface area contributed by atoms with Crippen LogP contribution in [0, 0.1) is 16.0 Å². The molecule has 0 saturated carbocycles. The van der Waals surface area contributed by atoms with Gasteiger partial charge in [0.05, 0.1) is 11.0 Å². The third kappa shape index (κ3) is 2.95. The maximum absolute atomic E-state index is 11.7. The van der Waals surface area contributed by atoms with Crippen LogP contribution in [0.5, 0.6) is 5.75 Å². The van der Waals surface area contributed by atoms with Gasteiger partial charge in [0.1, 0.15) is 5.75 Å². The number of benzene rings is 1. The van der Waals surface area contributed by atoms with Gasteiger partial charge in [0.25, 0.3) is 5.69 Å². The van der Waals surface area contributed by atoms with Gasteiger partial charge in [-0.25, -0.2) is 0 Å². The Labute approximate surface area is 104 Å². The van der Waals surface area contributed by atoms with Crippen LogP contribution in [0.25, 0.3) is 0 Å². The van der Waals surface area contributed by atoms with Gasteiger partial charge in [0.2, 0.25) is 5.91 Å². The molecule has 0 aromatic heterocycles. The third-order valence-electron chi connectivity index (χ3n) is 2.49. The second-order valence-electron chi connectivity index (χ2n) is 4.19. The molecule has 1 aromatic carbocycles. The van der Waals surface area contributed by atoms with Gasteiger partial charge >= 0.3 is 0 Å². The summed E-state index contributed by atoms with van der Waals surface area (Å²) in [6.45, 7) is 3.51. The Hall–Kier alpha value is -2.15. The molecule has 7 nitrogen and oxygen atoms in total. The predicted octanol–water partition coefficient (Wildman–Crippen LogP) is 1.22. The smallest absolute Gasteiger partial charge is 0.296 e. The van der Waals surface area contributed by atoms with Gasteiger partial charge in [-0.3, -0.25) is 14.9 Å². The molecule has 0 heterocycles. The summed E-state index contributed by atoms with van der Waals surface area (Å²) in [6.07, 6.45) is 0. The van der Waals surface area contributed by atoms with Crippen molar-refractivity contribution in [1.82, 2.24) is 0 Å². The highest BCUT2D eigenvalue weighted by Crippen LogP contribution is 2.33. The van der Waals surface area contributed by atoms with Gasteiger partial charge in [-0.15, -0.1) is 0 Å². The van der Waals surface area contributed by atoms with Gasteiger partial charge in [0, 0.05) is 6.07 Å². The largest absolute Gasteiger partial charge is 0.505 e. The van der Waals surface area contributed by atoms with Crippen molar-refractivity contribution < 1.29 is 14.8 Å². The summed E-state index contributed by atoms with van der Waals surface area (Å²) in [7, 11) is 0. The molecular weight excluding hydrogens is 238 g/mol. The fourth-order valence-corrected chi connectivity index (χ4v) is 1.32. The average molecular weight is 253 g/mol. The number of carbonyl (C=O) groups is 1. The number of para-hydroxylation sites is 1. The maximum atomic E-state index is 11.7. The molecule has 0 aliphatic carbocycles. The molecule has 0 saturated heterocycles. The van der Waals surface area contributed by atoms with Crippen molar-refractivity contribution in [2.75, 3.05) is 5.32 Å². The van der Waals surface area contributed by atoms with Crippen molar-refractivity contribution in [1.29, 1.82) is 0 Å². The molecule has 0 radical (unpaired) electrons. The van der Waals surface area contributed by atoms with Crippen LogP contribution in [-0.4, -0.2) is 22.0 Å². The molecule has 98 valence electrons. The van der Waals surface area contributed by atoms with Crippen LogP contribution < -0.4 is 11.1 Å². The molecule has 1 atom stereocenters. The van der Waals surface area contributed by atoms with Gasteiger partial charge in [-0.1, -0.05) is 19.9 Å². The number of aromatic hydroxyl groups is 1. The van der Waals surface area contributed by atoms with Gasteiger partial charge in [-0.05, 0) is 12.0 Å². The Bertz CT molecular complexity index is 473. The second-order valence-corrected chi connectivity index (χ2v) is 4.19. The average Bonchev–Trinajstić information content (AvgIpc) is 2.30. The van der Waals surface area contributed by atoms with Crippen molar-refractivity contribution in [3.63, 3.8) is 0 Å². The lowest BCUT2D eigenvalue weighted by Crippen LogP contribution is -2.39. The first-order valence-corrected chi connectivity index (χ1v) is 5.37. The number of anilines is 1. The molecule has 0 spiro atoms. The third-order valence-corrected chi connectivity index (χ3v) is 2.49. The number of nitrogens with two attached hydrogens (primary N) is 1. The minimum absolute atomic E-state index is 0.116. The van der Waals surface area contributed by atoms with E-state index in [-0.39, 0.29) is 23.0 Å². The van der Waals surface area contributed by atoms with Crippen LogP contribution in [0.15, 0.2) is 18.2 Å². The standard InChI is InChI=1S/C11H15N3O4/c1-6(2)9(12)11(16)13-10-7(14(17)18)4-3-5-8(10)15/h3-6,9,15H,12H2,1-2H3,(H,13,16)/t9-/m0/s1. The summed E-state index contributed by atoms with van der Waals surface area (Å²) in [4.78, 5) is 21.8. The minimum atomic E-state index is -0.802. The molecule has 18 heavy (non-hydrogen) atoms. The number of nitro benzene ring substituents is 1. The summed E-state index contributed by atoms with van der Waals surface area (Å²) >= 11 is 0. The lowest BCUT2D eigenvalue weighted by Gasteiger charge is -2.15. The van der Waals surface area contributed by atoms with Crippen molar-refractivity contribution in [3.05, 3.63) is 28.3 Å². The van der Waals surface area contributed by atoms with Crippen molar-refractivity contribution in [2.45, 2.75) is 19.9 Å². The highest BCUT2D eigenvalue weighted by molar-refractivity contribution is 5.98. The fourth-order valence-electron chi connectivity index (χ4n) is 1.32. The van der Waals surface area contributed by atoms with Gasteiger partial charge in [0.15, 0.2) is 5.69 Å². The van der Waals surface area contributed by atoms with E-state index in [0.29, 0.717) is 0 Å². The highest BCUT2D eigenvalue weighted by Gasteiger charge is 2.23. The van der Waals surface area contributed by atoms with E-state index in [9.17, 15) is 20.0 Å². The van der Waals surface area contributed by atoms with Crippen LogP contribution >= 0.6 is 0 Å². The monoisotopic (exact) mass is 253 g/mol. The van der Waals surface area contributed by atoms with Crippen LogP contribution in [0.1, 0.15) is 13.8 Å². The van der Waals surface area contributed by atoms with E-state index in [2.05, 4.69) is 5.32 Å². The van der Waals surface area contributed by atoms with Crippen molar-refractivity contribution in [2.24, 2.45) is 11.7 Å². The van der Waals surface area contributed by atoms with Crippen LogP contribution in [0.4, 0.5) is 11.4 Å². The zero-order chi connectivity index (χ0) is 13.9. The number of hydrogen-bond donors (Lipinski definition) is 3. The molecule has 0 aliphatic rings. The maximum Gasteiger partial charge on any atom is 0.296 e.